The fraction of sp³-hybridized carbons (Fsp3) is 0.158. The van der Waals surface area contributed by atoms with Crippen molar-refractivity contribution in [3.05, 3.63) is 64.9 Å². The van der Waals surface area contributed by atoms with Crippen LogP contribution in [-0.2, 0) is 0 Å². The van der Waals surface area contributed by atoms with Gasteiger partial charge in [0.1, 0.15) is 23.4 Å². The van der Waals surface area contributed by atoms with E-state index in [-0.39, 0.29) is 16.8 Å². The van der Waals surface area contributed by atoms with Gasteiger partial charge in [0.05, 0.1) is 34.6 Å². The van der Waals surface area contributed by atoms with E-state index in [9.17, 15) is 4.39 Å². The Kier molecular flexibility index (Phi) is 5.19. The Morgan fingerprint density at radius 2 is 2.19 bits per heavy atom. The van der Waals surface area contributed by atoms with Crippen LogP contribution in [0.4, 0.5) is 4.39 Å². The summed E-state index contributed by atoms with van der Waals surface area (Å²) in [5.41, 5.74) is 2.29. The van der Waals surface area contributed by atoms with E-state index in [2.05, 4.69) is 15.0 Å². The average molecular weight is 383 g/mol. The standard InChI is InChI=1S/C19H16ClFN6/c1-11(2)27-10-25-18(12-3-4-15(21)14(20)7-12)19(27)16(23)5-6-17-24-9-13(8-22)26-17/h3-7,9-11,23H,1-2H3,(H,24,26)/b6-5-,23-16?. The predicted octanol–water partition coefficient (Wildman–Crippen LogP) is 4.60. The zero-order valence-electron chi connectivity index (χ0n) is 14.7. The van der Waals surface area contributed by atoms with E-state index in [4.69, 9.17) is 22.3 Å². The molecule has 0 unspecified atom stereocenters. The molecule has 0 saturated carbocycles. The molecule has 0 amide bonds. The molecule has 8 heteroatoms. The third-order valence-electron chi connectivity index (χ3n) is 3.92. The number of hydrogen-bond donors (Lipinski definition) is 2. The molecule has 0 atom stereocenters. The van der Waals surface area contributed by atoms with E-state index < -0.39 is 5.82 Å². The van der Waals surface area contributed by atoms with E-state index in [1.807, 2.05) is 24.5 Å². The van der Waals surface area contributed by atoms with Gasteiger partial charge in [0.2, 0.25) is 0 Å². The number of nitrogens with zero attached hydrogens (tertiary/aromatic N) is 4. The second-order valence-corrected chi connectivity index (χ2v) is 6.52. The molecule has 0 aliphatic rings. The molecule has 2 aromatic heterocycles. The topological polar surface area (TPSA) is 94.1 Å². The van der Waals surface area contributed by atoms with Crippen molar-refractivity contribution in [2.75, 3.05) is 0 Å². The van der Waals surface area contributed by atoms with Gasteiger partial charge >= 0.3 is 0 Å². The summed E-state index contributed by atoms with van der Waals surface area (Å²) in [6.45, 7) is 3.96. The Bertz CT molecular complexity index is 1070. The van der Waals surface area contributed by atoms with Crippen LogP contribution >= 0.6 is 11.6 Å². The van der Waals surface area contributed by atoms with Crippen molar-refractivity contribution in [3.8, 4) is 17.3 Å². The van der Waals surface area contributed by atoms with Crippen molar-refractivity contribution in [2.24, 2.45) is 0 Å². The first-order valence-electron chi connectivity index (χ1n) is 8.15. The number of allylic oxidation sites excluding steroid dienone is 1. The van der Waals surface area contributed by atoms with Crippen molar-refractivity contribution in [1.82, 2.24) is 19.5 Å². The van der Waals surface area contributed by atoms with Crippen LogP contribution in [0.3, 0.4) is 0 Å². The maximum atomic E-state index is 13.5. The molecule has 1 aromatic carbocycles. The Morgan fingerprint density at radius 3 is 2.81 bits per heavy atom. The van der Waals surface area contributed by atoms with Gasteiger partial charge in [0, 0.05) is 11.6 Å². The first-order valence-corrected chi connectivity index (χ1v) is 8.53. The number of hydrogen-bond acceptors (Lipinski definition) is 4. The van der Waals surface area contributed by atoms with Crippen LogP contribution in [0.1, 0.15) is 37.1 Å². The van der Waals surface area contributed by atoms with Crippen molar-refractivity contribution in [2.45, 2.75) is 19.9 Å². The third-order valence-corrected chi connectivity index (χ3v) is 4.21. The normalized spacial score (nSPS) is 11.3. The minimum Gasteiger partial charge on any atom is -0.330 e. The highest BCUT2D eigenvalue weighted by molar-refractivity contribution is 6.31. The third kappa shape index (κ3) is 3.81. The summed E-state index contributed by atoms with van der Waals surface area (Å²) in [7, 11) is 0. The lowest BCUT2D eigenvalue weighted by Crippen LogP contribution is -2.10. The molecule has 2 N–H and O–H groups in total. The highest BCUT2D eigenvalue weighted by atomic mass is 35.5. The molecule has 0 aliphatic heterocycles. The van der Waals surface area contributed by atoms with Crippen molar-refractivity contribution < 1.29 is 4.39 Å². The average Bonchev–Trinajstić information content (AvgIpc) is 3.28. The number of H-pyrrole nitrogens is 1. The second kappa shape index (κ2) is 7.56. The fourth-order valence-corrected chi connectivity index (χ4v) is 2.77. The van der Waals surface area contributed by atoms with Crippen LogP contribution < -0.4 is 0 Å². The van der Waals surface area contributed by atoms with Crippen molar-refractivity contribution in [3.63, 3.8) is 0 Å². The maximum absolute atomic E-state index is 13.5. The summed E-state index contributed by atoms with van der Waals surface area (Å²) in [4.78, 5) is 11.3. The number of aromatic amines is 1. The Hall–Kier alpha value is -3.24. The van der Waals surface area contributed by atoms with Gasteiger partial charge in [-0.05, 0) is 44.2 Å². The summed E-state index contributed by atoms with van der Waals surface area (Å²) < 4.78 is 15.4. The molecule has 3 aromatic rings. The van der Waals surface area contributed by atoms with Crippen molar-refractivity contribution >= 4 is 23.4 Å². The van der Waals surface area contributed by atoms with Gasteiger partial charge in [0.25, 0.3) is 0 Å². The van der Waals surface area contributed by atoms with Crippen LogP contribution in [0.2, 0.25) is 5.02 Å². The van der Waals surface area contributed by atoms with Gasteiger partial charge in [-0.2, -0.15) is 5.26 Å². The molecule has 0 bridgehead atoms. The van der Waals surface area contributed by atoms with Crippen LogP contribution in [0, 0.1) is 22.6 Å². The highest BCUT2D eigenvalue weighted by Gasteiger charge is 2.18. The molecule has 0 fully saturated rings. The Morgan fingerprint density at radius 1 is 1.41 bits per heavy atom. The second-order valence-electron chi connectivity index (χ2n) is 6.11. The summed E-state index contributed by atoms with van der Waals surface area (Å²) >= 11 is 5.91. The van der Waals surface area contributed by atoms with Crippen LogP contribution in [0.15, 0.2) is 36.8 Å². The number of nitrogens with one attached hydrogen (secondary N) is 2. The molecule has 2 heterocycles. The number of aromatic nitrogens is 4. The summed E-state index contributed by atoms with van der Waals surface area (Å²) in [6.07, 6.45) is 6.26. The van der Waals surface area contributed by atoms with Gasteiger partial charge in [0.15, 0.2) is 0 Å². The highest BCUT2D eigenvalue weighted by Crippen LogP contribution is 2.28. The molecule has 0 saturated heterocycles. The van der Waals surface area contributed by atoms with Crippen LogP contribution in [0.25, 0.3) is 17.3 Å². The number of nitriles is 1. The lowest BCUT2D eigenvalue weighted by Gasteiger charge is -2.13. The number of imidazole rings is 2. The monoisotopic (exact) mass is 382 g/mol. The molecule has 136 valence electrons. The van der Waals surface area contributed by atoms with Crippen LogP contribution in [-0.4, -0.2) is 25.2 Å². The van der Waals surface area contributed by atoms with E-state index in [1.54, 1.807) is 24.5 Å². The Labute approximate surface area is 160 Å². The molecule has 0 spiro atoms. The van der Waals surface area contributed by atoms with Crippen LogP contribution in [0.5, 0.6) is 0 Å². The summed E-state index contributed by atoms with van der Waals surface area (Å²) in [5.74, 6) is -0.0374. The van der Waals surface area contributed by atoms with Gasteiger partial charge in [-0.3, -0.25) is 5.41 Å². The number of halogens is 2. The van der Waals surface area contributed by atoms with Gasteiger partial charge < -0.3 is 9.55 Å². The minimum atomic E-state index is -0.508. The number of benzene rings is 1. The lowest BCUT2D eigenvalue weighted by molar-refractivity contribution is 0.596. The van der Waals surface area contributed by atoms with E-state index in [0.29, 0.717) is 28.5 Å². The largest absolute Gasteiger partial charge is 0.330 e. The first kappa shape index (κ1) is 18.5. The van der Waals surface area contributed by atoms with Gasteiger partial charge in [-0.15, -0.1) is 0 Å². The molecular weight excluding hydrogens is 367 g/mol. The predicted molar refractivity (Wildman–Crippen MR) is 102 cm³/mol. The number of rotatable bonds is 5. The quantitative estimate of drug-likeness (QED) is 0.631. The zero-order chi connectivity index (χ0) is 19.6. The molecule has 27 heavy (non-hydrogen) atoms. The van der Waals surface area contributed by atoms with Gasteiger partial charge in [-0.1, -0.05) is 11.6 Å². The van der Waals surface area contributed by atoms with Crippen molar-refractivity contribution in [1.29, 1.82) is 10.7 Å². The minimum absolute atomic E-state index is 0.000705. The molecule has 0 radical (unpaired) electrons. The smallest absolute Gasteiger partial charge is 0.141 e. The molecule has 3 rings (SSSR count). The fourth-order valence-electron chi connectivity index (χ4n) is 2.59. The summed E-state index contributed by atoms with van der Waals surface area (Å²) in [6, 6.07) is 6.39. The molecule has 0 aliphatic carbocycles. The SMILES string of the molecule is CC(C)n1cnc(-c2ccc(F)c(Cl)c2)c1C(=N)/C=C\c1ncc(C#N)[nH]1. The summed E-state index contributed by atoms with van der Waals surface area (Å²) in [5, 5.41) is 17.3. The van der Waals surface area contributed by atoms with E-state index in [0.717, 1.165) is 0 Å². The zero-order valence-corrected chi connectivity index (χ0v) is 15.4. The lowest BCUT2D eigenvalue weighted by atomic mass is 10.1. The van der Waals surface area contributed by atoms with Gasteiger partial charge in [-0.25, -0.2) is 14.4 Å². The maximum Gasteiger partial charge on any atom is 0.141 e. The van der Waals surface area contributed by atoms with E-state index in [1.165, 1.54) is 18.3 Å². The van der Waals surface area contributed by atoms with E-state index >= 15 is 0 Å². The molecular formula is C19H16ClFN6. The first-order chi connectivity index (χ1) is 12.9. The molecule has 6 nitrogen and oxygen atoms in total. The Balaban J connectivity index is 2.02.